The number of nitrogens with zero attached hydrogens (tertiary/aromatic N) is 4. The number of ether oxygens (including phenoxy) is 1. The zero-order chi connectivity index (χ0) is 19.4. The molecule has 0 fully saturated rings. The van der Waals surface area contributed by atoms with Crippen molar-refractivity contribution < 1.29 is 27.2 Å². The molecule has 1 amide bonds. The fourth-order valence-electron chi connectivity index (χ4n) is 2.01. The highest BCUT2D eigenvalue weighted by Crippen LogP contribution is 2.29. The lowest BCUT2D eigenvalue weighted by Gasteiger charge is -2.08. The van der Waals surface area contributed by atoms with Crippen LogP contribution in [0, 0.1) is 6.92 Å². The third kappa shape index (κ3) is 4.57. The summed E-state index contributed by atoms with van der Waals surface area (Å²) in [6, 6.07) is 6.27. The normalized spacial score (nSPS) is 11.3. The van der Waals surface area contributed by atoms with Gasteiger partial charge >= 0.3 is 18.2 Å². The zero-order valence-corrected chi connectivity index (χ0v) is 13.8. The van der Waals surface area contributed by atoms with Gasteiger partial charge in [-0.1, -0.05) is 11.2 Å². The first kappa shape index (κ1) is 18.3. The third-order valence-corrected chi connectivity index (χ3v) is 3.40. The molecule has 3 heterocycles. The summed E-state index contributed by atoms with van der Waals surface area (Å²) >= 11 is 0. The fraction of sp³-hybridized carbons (Fsp3) is 0.188. The van der Waals surface area contributed by atoms with E-state index in [0.29, 0.717) is 0 Å². The highest BCUT2D eigenvalue weighted by Gasteiger charge is 2.38. The quantitative estimate of drug-likeness (QED) is 0.739. The first-order valence-electron chi connectivity index (χ1n) is 7.54. The summed E-state index contributed by atoms with van der Waals surface area (Å²) in [5.41, 5.74) is 1.69. The van der Waals surface area contributed by atoms with Crippen molar-refractivity contribution in [1.29, 1.82) is 0 Å². The smallest absolute Gasteiger partial charge is 0.444 e. The molecule has 0 aromatic carbocycles. The Bertz CT molecular complexity index is 941. The molecule has 0 aliphatic rings. The van der Waals surface area contributed by atoms with Crippen molar-refractivity contribution in [3.05, 3.63) is 53.8 Å². The van der Waals surface area contributed by atoms with Crippen LogP contribution in [0.15, 0.2) is 41.2 Å². The van der Waals surface area contributed by atoms with Crippen molar-refractivity contribution in [3.63, 3.8) is 0 Å². The lowest BCUT2D eigenvalue weighted by Crippen LogP contribution is -2.14. The molecule has 1 N–H and O–H groups in total. The number of amides is 1. The Hall–Kier alpha value is -3.50. The predicted octanol–water partition coefficient (Wildman–Crippen LogP) is 3.60. The standard InChI is InChI=1S/C16H12F3N5O3/c1-9-11(3-2-6-20-9)8-26-15(25)22-12-5-4-10(7-21-12)13-23-14(27-24-13)16(17,18)19/h2-7H,8H2,1H3,(H,21,22,25). The molecule has 27 heavy (non-hydrogen) atoms. The number of pyridine rings is 2. The molecule has 8 nitrogen and oxygen atoms in total. The maximum absolute atomic E-state index is 12.5. The summed E-state index contributed by atoms with van der Waals surface area (Å²) in [5, 5.41) is 5.65. The number of carbonyl (C=O) groups is 1. The van der Waals surface area contributed by atoms with Gasteiger partial charge in [-0.3, -0.25) is 10.3 Å². The molecule has 140 valence electrons. The van der Waals surface area contributed by atoms with Crippen molar-refractivity contribution in [2.24, 2.45) is 0 Å². The van der Waals surface area contributed by atoms with E-state index in [1.54, 1.807) is 25.3 Å². The molecule has 3 rings (SSSR count). The van der Waals surface area contributed by atoms with Crippen molar-refractivity contribution in [2.75, 3.05) is 5.32 Å². The lowest BCUT2D eigenvalue weighted by atomic mass is 10.2. The van der Waals surface area contributed by atoms with E-state index >= 15 is 0 Å². The van der Waals surface area contributed by atoms with Crippen LogP contribution in [0.1, 0.15) is 17.1 Å². The second-order valence-electron chi connectivity index (χ2n) is 5.30. The van der Waals surface area contributed by atoms with Gasteiger partial charge in [-0.15, -0.1) is 0 Å². The van der Waals surface area contributed by atoms with Gasteiger partial charge in [-0.05, 0) is 25.1 Å². The van der Waals surface area contributed by atoms with Crippen LogP contribution in [0.5, 0.6) is 0 Å². The van der Waals surface area contributed by atoms with Gasteiger partial charge in [0, 0.05) is 29.2 Å². The van der Waals surface area contributed by atoms with Crippen LogP contribution in [-0.2, 0) is 17.5 Å². The highest BCUT2D eigenvalue weighted by molar-refractivity contribution is 5.83. The van der Waals surface area contributed by atoms with Crippen molar-refractivity contribution >= 4 is 11.9 Å². The van der Waals surface area contributed by atoms with E-state index in [2.05, 4.69) is 29.9 Å². The average Bonchev–Trinajstić information content (AvgIpc) is 3.12. The van der Waals surface area contributed by atoms with Crippen LogP contribution < -0.4 is 5.32 Å². The number of hydrogen-bond donors (Lipinski definition) is 1. The molecular weight excluding hydrogens is 367 g/mol. The summed E-state index contributed by atoms with van der Waals surface area (Å²) in [4.78, 5) is 23.1. The summed E-state index contributed by atoms with van der Waals surface area (Å²) in [5.74, 6) is -1.57. The number of halogens is 3. The third-order valence-electron chi connectivity index (χ3n) is 3.40. The Labute approximate surface area is 150 Å². The monoisotopic (exact) mass is 379 g/mol. The SMILES string of the molecule is Cc1ncccc1COC(=O)Nc1ccc(-c2noc(C(F)(F)F)n2)cn1. The van der Waals surface area contributed by atoms with Gasteiger partial charge in [0.25, 0.3) is 0 Å². The van der Waals surface area contributed by atoms with Gasteiger partial charge < -0.3 is 9.26 Å². The Morgan fingerprint density at radius 1 is 1.26 bits per heavy atom. The van der Waals surface area contributed by atoms with E-state index in [1.807, 2.05) is 0 Å². The van der Waals surface area contributed by atoms with Crippen molar-refractivity contribution in [3.8, 4) is 11.4 Å². The number of anilines is 1. The van der Waals surface area contributed by atoms with Gasteiger partial charge in [0.05, 0.1) is 0 Å². The molecule has 0 spiro atoms. The predicted molar refractivity (Wildman–Crippen MR) is 85.3 cm³/mol. The van der Waals surface area contributed by atoms with Crippen LogP contribution in [0.3, 0.4) is 0 Å². The Balaban J connectivity index is 1.59. The molecule has 0 bridgehead atoms. The minimum absolute atomic E-state index is 0.0344. The van der Waals surface area contributed by atoms with Gasteiger partial charge in [0.2, 0.25) is 5.82 Å². The van der Waals surface area contributed by atoms with Crippen molar-refractivity contribution in [2.45, 2.75) is 19.7 Å². The maximum Gasteiger partial charge on any atom is 0.471 e. The molecule has 0 saturated heterocycles. The molecule has 0 atom stereocenters. The summed E-state index contributed by atoms with van der Waals surface area (Å²) < 4.78 is 46.6. The summed E-state index contributed by atoms with van der Waals surface area (Å²) in [7, 11) is 0. The number of carbonyl (C=O) groups excluding carboxylic acids is 1. The van der Waals surface area contributed by atoms with Gasteiger partial charge in [0.15, 0.2) is 0 Å². The minimum Gasteiger partial charge on any atom is -0.444 e. The van der Waals surface area contributed by atoms with E-state index in [9.17, 15) is 18.0 Å². The van der Waals surface area contributed by atoms with Gasteiger partial charge in [0.1, 0.15) is 12.4 Å². The first-order valence-corrected chi connectivity index (χ1v) is 7.54. The largest absolute Gasteiger partial charge is 0.471 e. The van der Waals surface area contributed by atoms with E-state index in [4.69, 9.17) is 4.74 Å². The van der Waals surface area contributed by atoms with Crippen LogP contribution >= 0.6 is 0 Å². The maximum atomic E-state index is 12.5. The minimum atomic E-state index is -4.73. The van der Waals surface area contributed by atoms with Crippen molar-refractivity contribution in [1.82, 2.24) is 20.1 Å². The van der Waals surface area contributed by atoms with Gasteiger partial charge in [-0.25, -0.2) is 9.78 Å². The Kier molecular flexibility index (Phi) is 5.01. The molecule has 0 aliphatic heterocycles. The molecule has 11 heteroatoms. The van der Waals surface area contributed by atoms with E-state index in [-0.39, 0.29) is 23.8 Å². The topological polar surface area (TPSA) is 103 Å². The van der Waals surface area contributed by atoms with E-state index in [1.165, 1.54) is 18.3 Å². The van der Waals surface area contributed by atoms with Crippen LogP contribution in [0.4, 0.5) is 23.8 Å². The Morgan fingerprint density at radius 3 is 2.70 bits per heavy atom. The first-order chi connectivity index (χ1) is 12.8. The average molecular weight is 379 g/mol. The number of aryl methyl sites for hydroxylation is 1. The summed E-state index contributed by atoms with van der Waals surface area (Å²) in [6.45, 7) is 1.83. The fourth-order valence-corrected chi connectivity index (χ4v) is 2.01. The lowest BCUT2D eigenvalue weighted by molar-refractivity contribution is -0.159. The number of aromatic nitrogens is 4. The van der Waals surface area contributed by atoms with E-state index < -0.39 is 18.2 Å². The van der Waals surface area contributed by atoms with Crippen LogP contribution in [-0.4, -0.2) is 26.2 Å². The molecule has 3 aromatic rings. The van der Waals surface area contributed by atoms with Crippen LogP contribution in [0.25, 0.3) is 11.4 Å². The van der Waals surface area contributed by atoms with Crippen LogP contribution in [0.2, 0.25) is 0 Å². The zero-order valence-electron chi connectivity index (χ0n) is 13.8. The summed E-state index contributed by atoms with van der Waals surface area (Å²) in [6.07, 6.45) is -2.63. The van der Waals surface area contributed by atoms with E-state index in [0.717, 1.165) is 11.3 Å². The Morgan fingerprint density at radius 2 is 2.07 bits per heavy atom. The molecular formula is C16H12F3N5O3. The number of rotatable bonds is 4. The molecule has 0 unspecified atom stereocenters. The number of hydrogen-bond acceptors (Lipinski definition) is 7. The number of alkyl halides is 3. The molecule has 0 radical (unpaired) electrons. The highest BCUT2D eigenvalue weighted by atomic mass is 19.4. The van der Waals surface area contributed by atoms with Gasteiger partial charge in [-0.2, -0.15) is 18.2 Å². The second kappa shape index (κ2) is 7.40. The molecule has 0 saturated carbocycles. The molecule has 3 aromatic heterocycles. The second-order valence-corrected chi connectivity index (χ2v) is 5.30. The number of nitrogens with one attached hydrogen (secondary N) is 1. The molecule has 0 aliphatic carbocycles.